The zero-order valence-electron chi connectivity index (χ0n) is 8.20. The largest absolute Gasteiger partial charge is 0.387 e. The molecule has 2 heteroatoms. The summed E-state index contributed by atoms with van der Waals surface area (Å²) in [5.74, 6) is 0. The number of aliphatic hydroxyl groups is 1. The summed E-state index contributed by atoms with van der Waals surface area (Å²) in [4.78, 5) is 0. The number of aryl methyl sites for hydroxylation is 1. The van der Waals surface area contributed by atoms with Gasteiger partial charge in [-0.2, -0.15) is 0 Å². The minimum Gasteiger partial charge on any atom is -0.387 e. The molecule has 0 aliphatic heterocycles. The molecule has 0 amide bonds. The van der Waals surface area contributed by atoms with Crippen molar-refractivity contribution in [3.63, 3.8) is 0 Å². The van der Waals surface area contributed by atoms with Crippen molar-refractivity contribution in [1.29, 1.82) is 0 Å². The van der Waals surface area contributed by atoms with Gasteiger partial charge in [0.15, 0.2) is 0 Å². The van der Waals surface area contributed by atoms with Gasteiger partial charge in [-0.25, -0.2) is 0 Å². The van der Waals surface area contributed by atoms with Crippen molar-refractivity contribution in [2.45, 2.75) is 32.4 Å². The van der Waals surface area contributed by atoms with Gasteiger partial charge in [-0.05, 0) is 18.9 Å². The van der Waals surface area contributed by atoms with Crippen LogP contribution in [-0.4, -0.2) is 11.1 Å². The maximum absolute atomic E-state index is 9.79. The number of aliphatic hydroxyl groups excluding tert-OH is 1. The van der Waals surface area contributed by atoms with Gasteiger partial charge < -0.3 is 10.8 Å². The Labute approximate surface area is 79.4 Å². The molecule has 0 fully saturated rings. The quantitative estimate of drug-likeness (QED) is 0.742. The third-order valence-electron chi connectivity index (χ3n) is 2.26. The highest BCUT2D eigenvalue weighted by Gasteiger charge is 2.14. The molecule has 0 radical (unpaired) electrons. The van der Waals surface area contributed by atoms with Gasteiger partial charge in [0, 0.05) is 6.04 Å². The smallest absolute Gasteiger partial charge is 0.0940 e. The summed E-state index contributed by atoms with van der Waals surface area (Å²) >= 11 is 0. The van der Waals surface area contributed by atoms with E-state index < -0.39 is 6.10 Å². The molecule has 0 heterocycles. The molecule has 72 valence electrons. The summed E-state index contributed by atoms with van der Waals surface area (Å²) in [5, 5.41) is 9.79. The van der Waals surface area contributed by atoms with Crippen molar-refractivity contribution < 1.29 is 5.11 Å². The second-order valence-electron chi connectivity index (χ2n) is 3.43. The van der Waals surface area contributed by atoms with E-state index in [1.165, 1.54) is 0 Å². The van der Waals surface area contributed by atoms with Crippen LogP contribution in [0.2, 0.25) is 0 Å². The molecule has 2 atom stereocenters. The van der Waals surface area contributed by atoms with Crippen LogP contribution < -0.4 is 5.73 Å². The highest BCUT2D eigenvalue weighted by molar-refractivity contribution is 5.24. The Hall–Kier alpha value is -0.860. The predicted molar refractivity (Wildman–Crippen MR) is 54.4 cm³/mol. The molecular formula is C11H17NO. The van der Waals surface area contributed by atoms with Crippen LogP contribution in [-0.2, 0) is 0 Å². The molecule has 1 aromatic carbocycles. The second kappa shape index (κ2) is 4.40. The van der Waals surface area contributed by atoms with Crippen molar-refractivity contribution in [2.75, 3.05) is 0 Å². The molecule has 0 bridgehead atoms. The number of nitrogens with two attached hydrogens (primary N) is 1. The fraction of sp³-hybridized carbons (Fsp3) is 0.455. The molecule has 0 aromatic heterocycles. The van der Waals surface area contributed by atoms with Crippen LogP contribution in [0.5, 0.6) is 0 Å². The van der Waals surface area contributed by atoms with Crippen molar-refractivity contribution in [2.24, 2.45) is 5.73 Å². The lowest BCUT2D eigenvalue weighted by Gasteiger charge is -2.17. The summed E-state index contributed by atoms with van der Waals surface area (Å²) in [6.07, 6.45) is 0.250. The van der Waals surface area contributed by atoms with Gasteiger partial charge in [0.05, 0.1) is 6.10 Å². The lowest BCUT2D eigenvalue weighted by atomic mass is 10.00. The fourth-order valence-electron chi connectivity index (χ4n) is 1.32. The van der Waals surface area contributed by atoms with Crippen LogP contribution in [0, 0.1) is 6.92 Å². The van der Waals surface area contributed by atoms with Crippen molar-refractivity contribution >= 4 is 0 Å². The molecule has 0 saturated heterocycles. The Bertz CT molecular complexity index is 273. The van der Waals surface area contributed by atoms with E-state index in [-0.39, 0.29) is 6.04 Å². The lowest BCUT2D eigenvalue weighted by Crippen LogP contribution is -2.27. The summed E-state index contributed by atoms with van der Waals surface area (Å²) in [6.45, 7) is 3.98. The molecule has 0 aliphatic carbocycles. The Morgan fingerprint density at radius 3 is 2.69 bits per heavy atom. The minimum absolute atomic E-state index is 0.165. The number of rotatable bonds is 3. The van der Waals surface area contributed by atoms with Crippen LogP contribution in [0.15, 0.2) is 24.3 Å². The molecule has 13 heavy (non-hydrogen) atoms. The zero-order chi connectivity index (χ0) is 9.84. The Kier molecular flexibility index (Phi) is 3.46. The monoisotopic (exact) mass is 179 g/mol. The number of hydrogen-bond acceptors (Lipinski definition) is 2. The summed E-state index contributed by atoms with van der Waals surface area (Å²) in [6, 6.07) is 7.67. The van der Waals surface area contributed by atoms with E-state index in [9.17, 15) is 5.11 Å². The minimum atomic E-state index is -0.537. The summed E-state index contributed by atoms with van der Waals surface area (Å²) in [7, 11) is 0. The SMILES string of the molecule is CC[C@@H](N)[C@@H](O)c1cccc(C)c1. The first-order chi connectivity index (χ1) is 6.15. The third-order valence-corrected chi connectivity index (χ3v) is 2.26. The van der Waals surface area contributed by atoms with E-state index in [1.54, 1.807) is 0 Å². The van der Waals surface area contributed by atoms with Gasteiger partial charge in [0.25, 0.3) is 0 Å². The van der Waals surface area contributed by atoms with E-state index in [1.807, 2.05) is 38.1 Å². The second-order valence-corrected chi connectivity index (χ2v) is 3.43. The van der Waals surface area contributed by atoms with Crippen LogP contribution in [0.4, 0.5) is 0 Å². The highest BCUT2D eigenvalue weighted by atomic mass is 16.3. The Morgan fingerprint density at radius 1 is 1.46 bits per heavy atom. The molecule has 2 nitrogen and oxygen atoms in total. The highest BCUT2D eigenvalue weighted by Crippen LogP contribution is 2.18. The summed E-state index contributed by atoms with van der Waals surface area (Å²) < 4.78 is 0. The van der Waals surface area contributed by atoms with Crippen LogP contribution in [0.3, 0.4) is 0 Å². The maximum atomic E-state index is 9.79. The van der Waals surface area contributed by atoms with Gasteiger partial charge in [-0.1, -0.05) is 36.8 Å². The molecule has 0 spiro atoms. The van der Waals surface area contributed by atoms with E-state index in [4.69, 9.17) is 5.73 Å². The van der Waals surface area contributed by atoms with Crippen LogP contribution in [0.1, 0.15) is 30.6 Å². The maximum Gasteiger partial charge on any atom is 0.0940 e. The van der Waals surface area contributed by atoms with Crippen LogP contribution in [0.25, 0.3) is 0 Å². The molecule has 0 unspecified atom stereocenters. The van der Waals surface area contributed by atoms with Crippen LogP contribution >= 0.6 is 0 Å². The molecule has 0 aliphatic rings. The molecule has 3 N–H and O–H groups in total. The van der Waals surface area contributed by atoms with E-state index in [2.05, 4.69) is 0 Å². The molecule has 0 saturated carbocycles. The lowest BCUT2D eigenvalue weighted by molar-refractivity contribution is 0.144. The van der Waals surface area contributed by atoms with Gasteiger partial charge in [-0.3, -0.25) is 0 Å². The van der Waals surface area contributed by atoms with Gasteiger partial charge in [-0.15, -0.1) is 0 Å². The van der Waals surface area contributed by atoms with Gasteiger partial charge in [0.1, 0.15) is 0 Å². The van der Waals surface area contributed by atoms with E-state index >= 15 is 0 Å². The van der Waals surface area contributed by atoms with Crippen molar-refractivity contribution in [1.82, 2.24) is 0 Å². The Morgan fingerprint density at radius 2 is 2.15 bits per heavy atom. The number of hydrogen-bond donors (Lipinski definition) is 2. The van der Waals surface area contributed by atoms with E-state index in [0.29, 0.717) is 0 Å². The molecule has 1 rings (SSSR count). The fourth-order valence-corrected chi connectivity index (χ4v) is 1.32. The first-order valence-electron chi connectivity index (χ1n) is 4.65. The van der Waals surface area contributed by atoms with Crippen molar-refractivity contribution in [3.05, 3.63) is 35.4 Å². The first kappa shape index (κ1) is 10.2. The summed E-state index contributed by atoms with van der Waals surface area (Å²) in [5.41, 5.74) is 7.81. The van der Waals surface area contributed by atoms with Crippen molar-refractivity contribution in [3.8, 4) is 0 Å². The third kappa shape index (κ3) is 2.54. The average Bonchev–Trinajstić information content (AvgIpc) is 2.15. The molecule has 1 aromatic rings. The standard InChI is InChI=1S/C11H17NO/c1-3-10(12)11(13)9-6-4-5-8(2)7-9/h4-7,10-11,13H,3,12H2,1-2H3/t10-,11+/m1/s1. The topological polar surface area (TPSA) is 46.2 Å². The number of benzene rings is 1. The van der Waals surface area contributed by atoms with Gasteiger partial charge in [0.2, 0.25) is 0 Å². The van der Waals surface area contributed by atoms with Gasteiger partial charge >= 0.3 is 0 Å². The van der Waals surface area contributed by atoms with E-state index in [0.717, 1.165) is 17.5 Å². The first-order valence-corrected chi connectivity index (χ1v) is 4.65. The predicted octanol–water partition coefficient (Wildman–Crippen LogP) is 1.77. The Balaban J connectivity index is 2.82. The average molecular weight is 179 g/mol. The normalized spacial score (nSPS) is 15.4. The molecular weight excluding hydrogens is 162 g/mol. The zero-order valence-corrected chi connectivity index (χ0v) is 8.20.